The minimum atomic E-state index is -4.49. The fraction of sp³-hybridized carbons (Fsp3) is 0.200. The van der Waals surface area contributed by atoms with E-state index in [4.69, 9.17) is 0 Å². The predicted octanol–water partition coefficient (Wildman–Crippen LogP) is 4.96. The lowest BCUT2D eigenvalue weighted by molar-refractivity contribution is -0.176. The van der Waals surface area contributed by atoms with Crippen molar-refractivity contribution in [2.24, 2.45) is 0 Å². The highest BCUT2D eigenvalue weighted by Gasteiger charge is 2.27. The number of nitrogens with one attached hydrogen (secondary N) is 1. The van der Waals surface area contributed by atoms with E-state index in [0.717, 1.165) is 10.9 Å². The van der Waals surface area contributed by atoms with Crippen molar-refractivity contribution in [1.82, 2.24) is 9.78 Å². The number of nitrogens with zero attached hydrogens (tertiary/aromatic N) is 2. The van der Waals surface area contributed by atoms with Crippen molar-refractivity contribution in [2.75, 3.05) is 11.9 Å². The van der Waals surface area contributed by atoms with Gasteiger partial charge in [-0.1, -0.05) is 12.1 Å². The lowest BCUT2D eigenvalue weighted by atomic mass is 10.1. The van der Waals surface area contributed by atoms with Crippen molar-refractivity contribution < 1.29 is 44.7 Å². The highest BCUT2D eigenvalue weighted by atomic mass is 19.4. The van der Waals surface area contributed by atoms with Crippen molar-refractivity contribution in [3.05, 3.63) is 82.3 Å². The van der Waals surface area contributed by atoms with Crippen LogP contribution >= 0.6 is 0 Å². The molecule has 5 nitrogen and oxygen atoms in total. The van der Waals surface area contributed by atoms with E-state index in [9.17, 15) is 39.9 Å². The molecule has 0 radical (unpaired) electrons. The zero-order valence-corrected chi connectivity index (χ0v) is 16.3. The summed E-state index contributed by atoms with van der Waals surface area (Å²) in [5, 5.41) is 6.14. The van der Waals surface area contributed by atoms with Gasteiger partial charge in [-0.3, -0.25) is 9.48 Å². The van der Waals surface area contributed by atoms with E-state index >= 15 is 0 Å². The first-order valence-electron chi connectivity index (χ1n) is 9.05. The van der Waals surface area contributed by atoms with Crippen LogP contribution in [0.1, 0.15) is 21.5 Å². The molecule has 0 aliphatic carbocycles. The van der Waals surface area contributed by atoms with Crippen molar-refractivity contribution in [3.8, 4) is 0 Å². The van der Waals surface area contributed by atoms with E-state index in [2.05, 4.69) is 15.2 Å². The van der Waals surface area contributed by atoms with Crippen LogP contribution in [-0.2, 0) is 17.9 Å². The van der Waals surface area contributed by atoms with Gasteiger partial charge in [0, 0.05) is 17.8 Å². The first kappa shape index (κ1) is 24.2. The summed E-state index contributed by atoms with van der Waals surface area (Å²) in [5.41, 5.74) is -0.764. The third-order valence-corrected chi connectivity index (χ3v) is 4.23. The summed E-state index contributed by atoms with van der Waals surface area (Å²) in [7, 11) is 0. The quantitative estimate of drug-likeness (QED) is 0.296. The molecule has 1 amide bonds. The molecule has 0 aliphatic rings. The Kier molecular flexibility index (Phi) is 7.01. The van der Waals surface area contributed by atoms with Gasteiger partial charge < -0.3 is 10.1 Å². The third kappa shape index (κ3) is 5.86. The number of alkyl halides is 3. The van der Waals surface area contributed by atoms with Gasteiger partial charge in [0.25, 0.3) is 5.91 Å². The number of carbonyl (C=O) groups excluding carboxylic acids is 1. The molecule has 0 unspecified atom stereocenters. The van der Waals surface area contributed by atoms with E-state index in [0.29, 0.717) is 5.56 Å². The molecule has 0 fully saturated rings. The van der Waals surface area contributed by atoms with Crippen LogP contribution < -0.4 is 5.32 Å². The normalized spacial score (nSPS) is 11.6. The number of hydrogen-bond acceptors (Lipinski definition) is 3. The van der Waals surface area contributed by atoms with E-state index in [1.807, 2.05) is 0 Å². The zero-order chi connectivity index (χ0) is 24.3. The van der Waals surface area contributed by atoms with Crippen LogP contribution in [0.5, 0.6) is 0 Å². The lowest BCUT2D eigenvalue weighted by Crippen LogP contribution is -2.17. The Bertz CT molecular complexity index is 1150. The SMILES string of the molecule is O=C(Nc1ccn(Cc2c(F)c(F)c(F)c(F)c2F)n1)c1cccc(COCC(F)(F)F)c1. The number of halogens is 8. The molecule has 2 aromatic carbocycles. The molecule has 3 rings (SSSR count). The van der Waals surface area contributed by atoms with Crippen LogP contribution in [0.4, 0.5) is 40.9 Å². The molecule has 1 N–H and O–H groups in total. The molecular formula is C20H13F8N3O2. The first-order chi connectivity index (χ1) is 15.5. The van der Waals surface area contributed by atoms with Crippen molar-refractivity contribution in [3.63, 3.8) is 0 Å². The molecule has 176 valence electrons. The second-order valence-corrected chi connectivity index (χ2v) is 6.71. The van der Waals surface area contributed by atoms with E-state index in [-0.39, 0.29) is 11.4 Å². The highest BCUT2D eigenvalue weighted by molar-refractivity contribution is 6.03. The van der Waals surface area contributed by atoms with Crippen LogP contribution in [-0.4, -0.2) is 28.5 Å². The molecule has 3 aromatic rings. The fourth-order valence-electron chi connectivity index (χ4n) is 2.74. The number of carbonyl (C=O) groups is 1. The zero-order valence-electron chi connectivity index (χ0n) is 16.3. The van der Waals surface area contributed by atoms with Crippen molar-refractivity contribution in [1.29, 1.82) is 0 Å². The Balaban J connectivity index is 1.68. The van der Waals surface area contributed by atoms with E-state index < -0.39 is 66.5 Å². The Labute approximate surface area is 180 Å². The first-order valence-corrected chi connectivity index (χ1v) is 9.05. The van der Waals surface area contributed by atoms with Gasteiger partial charge in [-0.2, -0.15) is 18.3 Å². The monoisotopic (exact) mass is 479 g/mol. The average Bonchev–Trinajstić information content (AvgIpc) is 3.20. The molecule has 0 spiro atoms. The van der Waals surface area contributed by atoms with Gasteiger partial charge in [0.05, 0.1) is 18.7 Å². The summed E-state index contributed by atoms with van der Waals surface area (Å²) in [6.07, 6.45) is -3.36. The number of anilines is 1. The number of rotatable bonds is 7. The standard InChI is InChI=1S/C20H13F8N3O2/c21-14-12(15(22)17(24)18(25)16(14)23)7-31-5-4-13(30-31)29-19(32)11-3-1-2-10(6-11)8-33-9-20(26,27)28/h1-6H,7-9H2,(H,29,30,32). The minimum absolute atomic E-state index is 0.0532. The second kappa shape index (κ2) is 9.57. The van der Waals surface area contributed by atoms with E-state index in [1.165, 1.54) is 30.3 Å². The molecule has 0 bridgehead atoms. The molecule has 0 saturated heterocycles. The number of ether oxygens (including phenoxy) is 1. The van der Waals surface area contributed by atoms with Gasteiger partial charge in [0.2, 0.25) is 5.82 Å². The smallest absolute Gasteiger partial charge is 0.367 e. The number of benzene rings is 2. The van der Waals surface area contributed by atoms with Crippen LogP contribution in [0.2, 0.25) is 0 Å². The molecule has 33 heavy (non-hydrogen) atoms. The third-order valence-electron chi connectivity index (χ3n) is 4.23. The summed E-state index contributed by atoms with van der Waals surface area (Å²) < 4.78 is 109. The highest BCUT2D eigenvalue weighted by Crippen LogP contribution is 2.24. The van der Waals surface area contributed by atoms with Crippen LogP contribution in [0.3, 0.4) is 0 Å². The topological polar surface area (TPSA) is 56.2 Å². The average molecular weight is 479 g/mol. The van der Waals surface area contributed by atoms with Crippen LogP contribution in [0, 0.1) is 29.1 Å². The van der Waals surface area contributed by atoms with Gasteiger partial charge >= 0.3 is 6.18 Å². The second-order valence-electron chi connectivity index (χ2n) is 6.71. The molecule has 0 atom stereocenters. The van der Waals surface area contributed by atoms with Crippen LogP contribution in [0.15, 0.2) is 36.5 Å². The fourth-order valence-corrected chi connectivity index (χ4v) is 2.74. The lowest BCUT2D eigenvalue weighted by Gasteiger charge is -2.09. The molecule has 1 aromatic heterocycles. The maximum atomic E-state index is 13.8. The summed E-state index contributed by atoms with van der Waals surface area (Å²) in [5.74, 6) is -11.3. The molecular weight excluding hydrogens is 466 g/mol. The summed E-state index contributed by atoms with van der Waals surface area (Å²) in [4.78, 5) is 12.4. The maximum Gasteiger partial charge on any atom is 0.411 e. The van der Waals surface area contributed by atoms with Crippen molar-refractivity contribution >= 4 is 11.7 Å². The Morgan fingerprint density at radius 3 is 2.24 bits per heavy atom. The van der Waals surface area contributed by atoms with Gasteiger partial charge in [0.15, 0.2) is 29.1 Å². The largest absolute Gasteiger partial charge is 0.411 e. The van der Waals surface area contributed by atoms with Gasteiger partial charge in [0.1, 0.15) is 6.61 Å². The van der Waals surface area contributed by atoms with E-state index in [1.54, 1.807) is 0 Å². The number of hydrogen-bond donors (Lipinski definition) is 1. The molecule has 1 heterocycles. The van der Waals surface area contributed by atoms with Gasteiger partial charge in [-0.15, -0.1) is 0 Å². The van der Waals surface area contributed by atoms with Crippen LogP contribution in [0.25, 0.3) is 0 Å². The molecule has 0 aliphatic heterocycles. The number of amides is 1. The Morgan fingerprint density at radius 2 is 1.61 bits per heavy atom. The minimum Gasteiger partial charge on any atom is -0.367 e. The molecule has 0 saturated carbocycles. The number of aromatic nitrogens is 2. The predicted molar refractivity (Wildman–Crippen MR) is 97.7 cm³/mol. The Morgan fingerprint density at radius 1 is 0.970 bits per heavy atom. The summed E-state index contributed by atoms with van der Waals surface area (Å²) >= 11 is 0. The summed E-state index contributed by atoms with van der Waals surface area (Å²) in [6, 6.07) is 6.74. The van der Waals surface area contributed by atoms with Gasteiger partial charge in [-0.25, -0.2) is 22.0 Å². The van der Waals surface area contributed by atoms with Gasteiger partial charge in [-0.05, 0) is 17.7 Å². The molecule has 13 heteroatoms. The Hall–Kier alpha value is -3.48. The maximum absolute atomic E-state index is 13.8. The van der Waals surface area contributed by atoms with Crippen molar-refractivity contribution in [2.45, 2.75) is 19.3 Å². The summed E-state index contributed by atoms with van der Waals surface area (Å²) in [6.45, 7) is -2.66.